The zero-order valence-electron chi connectivity index (χ0n) is 13.3. The van der Waals surface area contributed by atoms with E-state index in [2.05, 4.69) is 19.1 Å². The van der Waals surface area contributed by atoms with Crippen LogP contribution in [0.5, 0.6) is 5.75 Å². The second kappa shape index (κ2) is 5.84. The molecule has 1 amide bonds. The first-order chi connectivity index (χ1) is 10.5. The fourth-order valence-corrected chi connectivity index (χ4v) is 3.18. The Morgan fingerprint density at radius 3 is 2.59 bits per heavy atom. The van der Waals surface area contributed by atoms with Gasteiger partial charge in [-0.1, -0.05) is 24.3 Å². The number of fused-ring (bicyclic) bond motifs is 1. The van der Waals surface area contributed by atoms with Crippen LogP contribution in [0.1, 0.15) is 23.6 Å². The minimum Gasteiger partial charge on any atom is -0.484 e. The van der Waals surface area contributed by atoms with Crippen molar-refractivity contribution in [3.05, 3.63) is 59.2 Å². The second-order valence-corrected chi connectivity index (χ2v) is 6.06. The molecule has 0 N–H and O–H groups in total. The van der Waals surface area contributed by atoms with E-state index in [0.29, 0.717) is 0 Å². The Hall–Kier alpha value is -2.29. The fraction of sp³-hybridized carbons (Fsp3) is 0.316. The number of benzene rings is 2. The summed E-state index contributed by atoms with van der Waals surface area (Å²) in [6.07, 6.45) is 0.908. The van der Waals surface area contributed by atoms with E-state index < -0.39 is 0 Å². The normalized spacial score (nSPS) is 16.5. The molecule has 0 aliphatic carbocycles. The summed E-state index contributed by atoms with van der Waals surface area (Å²) < 4.78 is 5.71. The van der Waals surface area contributed by atoms with Gasteiger partial charge >= 0.3 is 0 Å². The standard InChI is InChI=1S/C19H21NO2/c1-13-8-14(2)10-17(9-13)22-12-19(21)20-15(3)11-16-6-4-5-7-18(16)20/h4-10,15H,11-12H2,1-3H3/t15-/m1/s1. The molecule has 1 heterocycles. The van der Waals surface area contributed by atoms with Crippen LogP contribution in [0.3, 0.4) is 0 Å². The minimum absolute atomic E-state index is 0.0107. The molecule has 0 fully saturated rings. The third-order valence-electron chi connectivity index (χ3n) is 4.03. The lowest BCUT2D eigenvalue weighted by Crippen LogP contribution is -2.39. The Morgan fingerprint density at radius 2 is 1.86 bits per heavy atom. The van der Waals surface area contributed by atoms with Gasteiger partial charge in [0.15, 0.2) is 6.61 Å². The number of carbonyl (C=O) groups is 1. The lowest BCUT2D eigenvalue weighted by Gasteiger charge is -2.22. The van der Waals surface area contributed by atoms with E-state index in [0.717, 1.165) is 29.0 Å². The minimum atomic E-state index is 0.0107. The van der Waals surface area contributed by atoms with Crippen LogP contribution in [-0.2, 0) is 11.2 Å². The van der Waals surface area contributed by atoms with Crippen molar-refractivity contribution in [2.24, 2.45) is 0 Å². The van der Waals surface area contributed by atoms with Crippen molar-refractivity contribution < 1.29 is 9.53 Å². The number of rotatable bonds is 3. The third kappa shape index (κ3) is 2.84. The molecule has 1 atom stereocenters. The maximum absolute atomic E-state index is 12.6. The Balaban J connectivity index is 1.72. The van der Waals surface area contributed by atoms with Gasteiger partial charge in [0.1, 0.15) is 5.75 Å². The molecule has 3 nitrogen and oxygen atoms in total. The van der Waals surface area contributed by atoms with E-state index in [-0.39, 0.29) is 18.6 Å². The Morgan fingerprint density at radius 1 is 1.18 bits per heavy atom. The fourth-order valence-electron chi connectivity index (χ4n) is 3.18. The summed E-state index contributed by atoms with van der Waals surface area (Å²) in [6, 6.07) is 14.3. The molecule has 0 radical (unpaired) electrons. The number of ether oxygens (including phenoxy) is 1. The van der Waals surface area contributed by atoms with E-state index in [9.17, 15) is 4.79 Å². The average Bonchev–Trinajstić information content (AvgIpc) is 2.79. The van der Waals surface area contributed by atoms with Crippen LogP contribution in [-0.4, -0.2) is 18.6 Å². The van der Waals surface area contributed by atoms with Gasteiger partial charge in [-0.3, -0.25) is 4.79 Å². The monoisotopic (exact) mass is 295 g/mol. The van der Waals surface area contributed by atoms with Crippen molar-refractivity contribution in [2.45, 2.75) is 33.2 Å². The number of anilines is 1. The largest absolute Gasteiger partial charge is 0.484 e. The summed E-state index contributed by atoms with van der Waals surface area (Å²) in [4.78, 5) is 14.4. The van der Waals surface area contributed by atoms with Gasteiger partial charge < -0.3 is 9.64 Å². The van der Waals surface area contributed by atoms with E-state index in [4.69, 9.17) is 4.74 Å². The van der Waals surface area contributed by atoms with Gasteiger partial charge in [0.2, 0.25) is 0 Å². The maximum Gasteiger partial charge on any atom is 0.265 e. The highest BCUT2D eigenvalue weighted by Crippen LogP contribution is 2.31. The molecule has 3 heteroatoms. The number of aryl methyl sites for hydroxylation is 2. The van der Waals surface area contributed by atoms with Crippen molar-refractivity contribution >= 4 is 11.6 Å². The molecule has 2 aromatic rings. The molecule has 0 saturated carbocycles. The van der Waals surface area contributed by atoms with Gasteiger partial charge in [-0.25, -0.2) is 0 Å². The Bertz CT molecular complexity index is 688. The molecule has 2 aromatic carbocycles. The smallest absolute Gasteiger partial charge is 0.265 e. The second-order valence-electron chi connectivity index (χ2n) is 6.06. The molecule has 22 heavy (non-hydrogen) atoms. The number of nitrogens with zero attached hydrogens (tertiary/aromatic N) is 1. The van der Waals surface area contributed by atoms with E-state index in [1.807, 2.05) is 49.1 Å². The summed E-state index contributed by atoms with van der Waals surface area (Å²) in [5, 5.41) is 0. The zero-order chi connectivity index (χ0) is 15.7. The van der Waals surface area contributed by atoms with Crippen molar-refractivity contribution in [3.63, 3.8) is 0 Å². The third-order valence-corrected chi connectivity index (χ3v) is 4.03. The lowest BCUT2D eigenvalue weighted by atomic mass is 10.1. The number of carbonyl (C=O) groups excluding carboxylic acids is 1. The molecule has 1 aliphatic heterocycles. The number of amides is 1. The van der Waals surface area contributed by atoms with Crippen LogP contribution in [0.25, 0.3) is 0 Å². The lowest BCUT2D eigenvalue weighted by molar-refractivity contribution is -0.120. The molecule has 0 aromatic heterocycles. The van der Waals surface area contributed by atoms with Crippen LogP contribution in [0.2, 0.25) is 0 Å². The van der Waals surface area contributed by atoms with Crippen molar-refractivity contribution in [1.82, 2.24) is 0 Å². The molecule has 1 aliphatic rings. The zero-order valence-corrected chi connectivity index (χ0v) is 13.3. The Kier molecular flexibility index (Phi) is 3.88. The van der Waals surface area contributed by atoms with Crippen LogP contribution in [0, 0.1) is 13.8 Å². The molecule has 114 valence electrons. The summed E-state index contributed by atoms with van der Waals surface area (Å²) in [5.41, 5.74) is 4.53. The van der Waals surface area contributed by atoms with Crippen LogP contribution in [0.4, 0.5) is 5.69 Å². The first kappa shape index (κ1) is 14.6. The van der Waals surface area contributed by atoms with E-state index in [1.165, 1.54) is 5.56 Å². The van der Waals surface area contributed by atoms with Crippen LogP contribution >= 0.6 is 0 Å². The highest BCUT2D eigenvalue weighted by atomic mass is 16.5. The molecule has 0 spiro atoms. The van der Waals surface area contributed by atoms with E-state index in [1.54, 1.807) is 0 Å². The van der Waals surface area contributed by atoms with Gasteiger partial charge in [0.25, 0.3) is 5.91 Å². The van der Waals surface area contributed by atoms with E-state index >= 15 is 0 Å². The summed E-state index contributed by atoms with van der Waals surface area (Å²) in [5.74, 6) is 0.766. The SMILES string of the molecule is Cc1cc(C)cc(OCC(=O)N2c3ccccc3C[C@H]2C)c1. The Labute approximate surface area is 131 Å². The highest BCUT2D eigenvalue weighted by Gasteiger charge is 2.30. The van der Waals surface area contributed by atoms with Crippen molar-refractivity contribution in [1.29, 1.82) is 0 Å². The molecule has 0 bridgehead atoms. The number of hydrogen-bond acceptors (Lipinski definition) is 2. The van der Waals surface area contributed by atoms with Gasteiger partial charge in [0.05, 0.1) is 0 Å². The van der Waals surface area contributed by atoms with Gasteiger partial charge in [-0.15, -0.1) is 0 Å². The number of hydrogen-bond donors (Lipinski definition) is 0. The van der Waals surface area contributed by atoms with Crippen LogP contribution in [0.15, 0.2) is 42.5 Å². The average molecular weight is 295 g/mol. The maximum atomic E-state index is 12.6. The predicted octanol–water partition coefficient (Wildman–Crippen LogP) is 3.66. The molecular weight excluding hydrogens is 274 g/mol. The summed E-state index contributed by atoms with van der Waals surface area (Å²) in [7, 11) is 0. The first-order valence-corrected chi connectivity index (χ1v) is 7.65. The summed E-state index contributed by atoms with van der Waals surface area (Å²) in [6.45, 7) is 6.21. The van der Waals surface area contributed by atoms with Gasteiger partial charge in [0, 0.05) is 11.7 Å². The molecule has 0 unspecified atom stereocenters. The van der Waals surface area contributed by atoms with Gasteiger partial charge in [-0.2, -0.15) is 0 Å². The van der Waals surface area contributed by atoms with Gasteiger partial charge in [-0.05, 0) is 62.1 Å². The molecular formula is C19H21NO2. The van der Waals surface area contributed by atoms with Crippen LogP contribution < -0.4 is 9.64 Å². The highest BCUT2D eigenvalue weighted by molar-refractivity contribution is 5.97. The van der Waals surface area contributed by atoms with Crippen molar-refractivity contribution in [2.75, 3.05) is 11.5 Å². The topological polar surface area (TPSA) is 29.5 Å². The summed E-state index contributed by atoms with van der Waals surface area (Å²) >= 11 is 0. The number of para-hydroxylation sites is 1. The predicted molar refractivity (Wildman–Crippen MR) is 88.5 cm³/mol. The molecule has 3 rings (SSSR count). The quantitative estimate of drug-likeness (QED) is 0.865. The van der Waals surface area contributed by atoms with Crippen molar-refractivity contribution in [3.8, 4) is 5.75 Å². The first-order valence-electron chi connectivity index (χ1n) is 7.65. The molecule has 0 saturated heterocycles.